The van der Waals surface area contributed by atoms with Gasteiger partial charge in [0.25, 0.3) is 0 Å². The largest absolute Gasteiger partial charge is 0.324 e. The van der Waals surface area contributed by atoms with Gasteiger partial charge in [0.1, 0.15) is 17.5 Å². The Morgan fingerprint density at radius 2 is 2.03 bits per heavy atom. The lowest BCUT2D eigenvalue weighted by atomic mass is 10.1. The van der Waals surface area contributed by atoms with Crippen LogP contribution in [0.4, 0.5) is 4.39 Å². The highest BCUT2D eigenvalue weighted by Gasteiger charge is 2.29. The number of fused-ring (bicyclic) bond motifs is 3. The zero-order valence-electron chi connectivity index (χ0n) is 16.0. The molecule has 3 heterocycles. The van der Waals surface area contributed by atoms with Crippen LogP contribution >= 0.6 is 0 Å². The van der Waals surface area contributed by atoms with Crippen LogP contribution in [-0.2, 0) is 6.42 Å². The predicted octanol–water partition coefficient (Wildman–Crippen LogP) is 4.21. The Kier molecular flexibility index (Phi) is 4.20. The first-order chi connectivity index (χ1) is 14.1. The number of aromatic nitrogens is 5. The van der Waals surface area contributed by atoms with Gasteiger partial charge in [-0.3, -0.25) is 15.0 Å². The van der Waals surface area contributed by atoms with Gasteiger partial charge in [-0.2, -0.15) is 5.26 Å². The molecule has 0 unspecified atom stereocenters. The summed E-state index contributed by atoms with van der Waals surface area (Å²) in [5.41, 5.74) is 4.72. The van der Waals surface area contributed by atoms with Gasteiger partial charge in [0.05, 0.1) is 40.3 Å². The van der Waals surface area contributed by atoms with Crippen LogP contribution in [0, 0.1) is 18.3 Å². The van der Waals surface area contributed by atoms with Gasteiger partial charge in [-0.1, -0.05) is 0 Å². The molecule has 1 saturated carbocycles. The van der Waals surface area contributed by atoms with E-state index in [-0.39, 0.29) is 6.04 Å². The van der Waals surface area contributed by atoms with Crippen LogP contribution in [0.1, 0.15) is 48.1 Å². The number of imidazole rings is 1. The number of pyridine rings is 1. The number of rotatable bonds is 3. The molecule has 0 amide bonds. The maximum atomic E-state index is 14.1. The highest BCUT2D eigenvalue weighted by molar-refractivity contribution is 6.02. The van der Waals surface area contributed by atoms with Crippen LogP contribution in [0.2, 0.25) is 0 Å². The lowest BCUT2D eigenvalue weighted by molar-refractivity contribution is 0.330. The van der Waals surface area contributed by atoms with Crippen LogP contribution in [-0.4, -0.2) is 30.7 Å². The molecule has 3 aromatic heterocycles. The average Bonchev–Trinajstić information content (AvgIpc) is 3.32. The van der Waals surface area contributed by atoms with Crippen molar-refractivity contribution < 1.29 is 4.39 Å². The van der Waals surface area contributed by atoms with Crippen molar-refractivity contribution in [1.29, 1.82) is 5.26 Å². The molecule has 0 bridgehead atoms. The molecule has 0 radical (unpaired) electrons. The third kappa shape index (κ3) is 3.11. The number of hydrogen-bond acceptors (Lipinski definition) is 5. The molecule has 29 heavy (non-hydrogen) atoms. The molecule has 0 aliphatic heterocycles. The van der Waals surface area contributed by atoms with E-state index < -0.39 is 6.17 Å². The quantitative estimate of drug-likeness (QED) is 0.527. The zero-order chi connectivity index (χ0) is 20.0. The summed E-state index contributed by atoms with van der Waals surface area (Å²) in [6.07, 6.45) is 6.76. The number of alkyl halides is 1. The number of aryl methyl sites for hydroxylation is 1. The minimum Gasteiger partial charge on any atom is -0.324 e. The fraction of sp³-hybridized carbons (Fsp3) is 0.318. The summed E-state index contributed by atoms with van der Waals surface area (Å²) in [5.74, 6) is 0.828. The number of halogens is 1. The minimum absolute atomic E-state index is 0.0275. The Morgan fingerprint density at radius 3 is 2.76 bits per heavy atom. The van der Waals surface area contributed by atoms with E-state index in [1.54, 1.807) is 24.7 Å². The van der Waals surface area contributed by atoms with Crippen molar-refractivity contribution in [3.05, 3.63) is 59.6 Å². The summed E-state index contributed by atoms with van der Waals surface area (Å²) in [6, 6.07) is 7.68. The van der Waals surface area contributed by atoms with Crippen LogP contribution in [0.3, 0.4) is 0 Å². The van der Waals surface area contributed by atoms with Gasteiger partial charge in [0.15, 0.2) is 0 Å². The normalized spacial score (nSPS) is 19.1. The molecular formula is C22H19FN6. The van der Waals surface area contributed by atoms with E-state index in [1.165, 1.54) is 0 Å². The molecule has 1 fully saturated rings. The maximum absolute atomic E-state index is 14.1. The lowest BCUT2D eigenvalue weighted by Gasteiger charge is -2.17. The van der Waals surface area contributed by atoms with Crippen LogP contribution in [0.25, 0.3) is 21.9 Å². The van der Waals surface area contributed by atoms with Crippen molar-refractivity contribution in [1.82, 2.24) is 24.5 Å². The van der Waals surface area contributed by atoms with E-state index in [0.717, 1.165) is 45.6 Å². The third-order valence-corrected chi connectivity index (χ3v) is 5.60. The summed E-state index contributed by atoms with van der Waals surface area (Å²) >= 11 is 0. The molecular weight excluding hydrogens is 367 g/mol. The smallest absolute Gasteiger partial charge is 0.116 e. The van der Waals surface area contributed by atoms with Crippen LogP contribution in [0.5, 0.6) is 0 Å². The Bertz CT molecular complexity index is 1250. The maximum Gasteiger partial charge on any atom is 0.116 e. The van der Waals surface area contributed by atoms with Gasteiger partial charge < -0.3 is 4.57 Å². The Balaban J connectivity index is 1.74. The molecule has 1 aromatic carbocycles. The van der Waals surface area contributed by atoms with Crippen LogP contribution < -0.4 is 0 Å². The lowest BCUT2D eigenvalue weighted by Crippen LogP contribution is -2.11. The average molecular weight is 386 g/mol. The summed E-state index contributed by atoms with van der Waals surface area (Å²) in [7, 11) is 0. The second-order valence-electron chi connectivity index (χ2n) is 7.62. The van der Waals surface area contributed by atoms with Gasteiger partial charge in [0.2, 0.25) is 0 Å². The van der Waals surface area contributed by atoms with E-state index in [1.807, 2.05) is 19.1 Å². The first-order valence-electron chi connectivity index (χ1n) is 9.73. The first kappa shape index (κ1) is 17.7. The minimum atomic E-state index is -0.799. The van der Waals surface area contributed by atoms with Crippen molar-refractivity contribution in [3.8, 4) is 6.07 Å². The van der Waals surface area contributed by atoms with Gasteiger partial charge in [-0.25, -0.2) is 9.37 Å². The van der Waals surface area contributed by atoms with E-state index in [4.69, 9.17) is 4.98 Å². The molecule has 0 spiro atoms. The molecule has 144 valence electrons. The number of benzene rings is 1. The van der Waals surface area contributed by atoms with E-state index >= 15 is 0 Å². The Morgan fingerprint density at radius 1 is 1.14 bits per heavy atom. The third-order valence-electron chi connectivity index (χ3n) is 5.60. The monoisotopic (exact) mass is 386 g/mol. The summed E-state index contributed by atoms with van der Waals surface area (Å²) < 4.78 is 16.2. The van der Waals surface area contributed by atoms with Gasteiger partial charge in [0, 0.05) is 30.2 Å². The topological polar surface area (TPSA) is 80.3 Å². The van der Waals surface area contributed by atoms with Crippen LogP contribution in [0.15, 0.2) is 36.8 Å². The van der Waals surface area contributed by atoms with E-state index in [9.17, 15) is 9.65 Å². The molecule has 1 aliphatic rings. The molecule has 5 rings (SSSR count). The molecule has 1 aliphatic carbocycles. The summed E-state index contributed by atoms with van der Waals surface area (Å²) in [5, 5.41) is 10.2. The second kappa shape index (κ2) is 6.89. The van der Waals surface area contributed by atoms with Crippen molar-refractivity contribution >= 4 is 21.9 Å². The van der Waals surface area contributed by atoms with Crippen molar-refractivity contribution in [3.63, 3.8) is 0 Å². The second-order valence-corrected chi connectivity index (χ2v) is 7.62. The van der Waals surface area contributed by atoms with E-state index in [0.29, 0.717) is 24.8 Å². The molecule has 6 nitrogen and oxygen atoms in total. The molecule has 2 atom stereocenters. The summed E-state index contributed by atoms with van der Waals surface area (Å²) in [4.78, 5) is 18.1. The number of nitriles is 1. The Labute approximate surface area is 167 Å². The molecule has 0 saturated heterocycles. The number of hydrogen-bond donors (Lipinski definition) is 0. The first-order valence-corrected chi connectivity index (χ1v) is 9.73. The number of nitrogens with zero attached hydrogens (tertiary/aromatic N) is 6. The molecule has 0 N–H and O–H groups in total. The van der Waals surface area contributed by atoms with E-state index in [2.05, 4.69) is 25.6 Å². The van der Waals surface area contributed by atoms with Gasteiger partial charge >= 0.3 is 0 Å². The van der Waals surface area contributed by atoms with Crippen molar-refractivity contribution in [2.24, 2.45) is 0 Å². The molecule has 7 heteroatoms. The van der Waals surface area contributed by atoms with Gasteiger partial charge in [-0.05, 0) is 44.4 Å². The molecule has 4 aromatic rings. The Hall–Kier alpha value is -3.40. The van der Waals surface area contributed by atoms with Gasteiger partial charge in [-0.15, -0.1) is 0 Å². The van der Waals surface area contributed by atoms with Crippen molar-refractivity contribution in [2.75, 3.05) is 0 Å². The van der Waals surface area contributed by atoms with Crippen molar-refractivity contribution in [2.45, 2.75) is 44.8 Å². The summed E-state index contributed by atoms with van der Waals surface area (Å²) in [6.45, 7) is 1.90. The fourth-order valence-corrected chi connectivity index (χ4v) is 4.22. The fourth-order valence-electron chi connectivity index (χ4n) is 4.22. The zero-order valence-corrected chi connectivity index (χ0v) is 16.0. The SMILES string of the molecule is Cc1cnc(Cc2nc3cnc4ccc(C#N)cc4c3n2[C@@H]2CC[C@H](F)C2)cn1. The predicted molar refractivity (Wildman–Crippen MR) is 107 cm³/mol. The highest BCUT2D eigenvalue weighted by atomic mass is 19.1. The highest BCUT2D eigenvalue weighted by Crippen LogP contribution is 2.37. The standard InChI is InChI=1S/C22H19FN6/c1-13-10-26-16(11-25-13)8-21-28-20-12-27-19-5-2-14(9-24)6-18(19)22(20)29(21)17-4-3-15(23)7-17/h2,5-6,10-12,15,17H,3-4,7-8H2,1H3/t15-,17+/m0/s1.